The van der Waals surface area contributed by atoms with Crippen LogP contribution in [0.25, 0.3) is 0 Å². The highest BCUT2D eigenvalue weighted by Gasteiger charge is 2.19. The van der Waals surface area contributed by atoms with Gasteiger partial charge < -0.3 is 14.2 Å². The van der Waals surface area contributed by atoms with E-state index in [1.165, 1.54) is 186 Å². The van der Waals surface area contributed by atoms with Crippen LogP contribution in [-0.4, -0.2) is 37.2 Å². The molecule has 0 saturated carbocycles. The van der Waals surface area contributed by atoms with Gasteiger partial charge in [0.15, 0.2) is 6.10 Å². The van der Waals surface area contributed by atoms with Crippen molar-refractivity contribution in [1.82, 2.24) is 0 Å². The van der Waals surface area contributed by atoms with E-state index < -0.39 is 6.10 Å². The lowest BCUT2D eigenvalue weighted by atomic mass is 10.0. The van der Waals surface area contributed by atoms with Crippen LogP contribution >= 0.6 is 0 Å². The van der Waals surface area contributed by atoms with Crippen molar-refractivity contribution >= 4 is 17.9 Å². The lowest BCUT2D eigenvalue weighted by molar-refractivity contribution is -0.167. The Hall–Kier alpha value is -1.59. The molecule has 6 heteroatoms. The molecule has 0 bridgehead atoms. The fraction of sp³-hybridized carbons (Fsp3) is 0.940. The third-order valence-electron chi connectivity index (χ3n) is 11.4. The van der Waals surface area contributed by atoms with Crippen LogP contribution in [0.4, 0.5) is 0 Å². The zero-order valence-corrected chi connectivity index (χ0v) is 37.9. The molecule has 332 valence electrons. The Morgan fingerprint density at radius 1 is 0.286 bits per heavy atom. The first kappa shape index (κ1) is 54.4. The second kappa shape index (κ2) is 46.1. The number of esters is 3. The summed E-state index contributed by atoms with van der Waals surface area (Å²) in [6.07, 6.45) is 48.0. The largest absolute Gasteiger partial charge is 0.462 e. The topological polar surface area (TPSA) is 78.9 Å². The summed E-state index contributed by atoms with van der Waals surface area (Å²) in [7, 11) is 0. The molecule has 0 aromatic heterocycles. The number of ether oxygens (including phenoxy) is 3. The number of carbonyl (C=O) groups excluding carboxylic acids is 3. The molecule has 0 rings (SSSR count). The molecule has 1 atom stereocenters. The predicted molar refractivity (Wildman–Crippen MR) is 238 cm³/mol. The van der Waals surface area contributed by atoms with Gasteiger partial charge in [0.25, 0.3) is 0 Å². The molecule has 0 aromatic rings. The highest BCUT2D eigenvalue weighted by atomic mass is 16.6. The zero-order valence-electron chi connectivity index (χ0n) is 37.9. The number of unbranched alkanes of at least 4 members (excludes halogenated alkanes) is 35. The van der Waals surface area contributed by atoms with Crippen LogP contribution < -0.4 is 0 Å². The van der Waals surface area contributed by atoms with Gasteiger partial charge in [0.1, 0.15) is 13.2 Å². The first-order valence-electron chi connectivity index (χ1n) is 25.0. The van der Waals surface area contributed by atoms with Gasteiger partial charge >= 0.3 is 17.9 Å². The third-order valence-corrected chi connectivity index (χ3v) is 11.4. The predicted octanol–water partition coefficient (Wildman–Crippen LogP) is 16.0. The van der Waals surface area contributed by atoms with Crippen LogP contribution in [0.15, 0.2) is 0 Å². The van der Waals surface area contributed by atoms with Crippen molar-refractivity contribution in [3.63, 3.8) is 0 Å². The molecular weight excluding hydrogens is 697 g/mol. The highest BCUT2D eigenvalue weighted by Crippen LogP contribution is 2.16. The van der Waals surface area contributed by atoms with Crippen molar-refractivity contribution in [3.05, 3.63) is 0 Å². The van der Waals surface area contributed by atoms with Crippen LogP contribution in [0.1, 0.15) is 284 Å². The summed E-state index contributed by atoms with van der Waals surface area (Å²) < 4.78 is 16.7. The molecule has 56 heavy (non-hydrogen) atoms. The maximum atomic E-state index is 12.8. The molecular formula is C50H96O6. The van der Waals surface area contributed by atoms with E-state index in [-0.39, 0.29) is 31.1 Å². The summed E-state index contributed by atoms with van der Waals surface area (Å²) >= 11 is 0. The van der Waals surface area contributed by atoms with E-state index in [1.807, 2.05) is 0 Å². The van der Waals surface area contributed by atoms with Gasteiger partial charge in [-0.15, -0.1) is 0 Å². The summed E-state index contributed by atoms with van der Waals surface area (Å²) in [5.41, 5.74) is 0. The van der Waals surface area contributed by atoms with Crippen LogP contribution in [0.3, 0.4) is 0 Å². The molecule has 0 N–H and O–H groups in total. The molecule has 0 aliphatic heterocycles. The van der Waals surface area contributed by atoms with Gasteiger partial charge in [-0.3, -0.25) is 14.4 Å². The van der Waals surface area contributed by atoms with E-state index in [0.29, 0.717) is 19.3 Å². The van der Waals surface area contributed by atoms with E-state index in [9.17, 15) is 14.4 Å². The Morgan fingerprint density at radius 3 is 0.714 bits per heavy atom. The second-order valence-corrected chi connectivity index (χ2v) is 17.1. The molecule has 0 unspecified atom stereocenters. The van der Waals surface area contributed by atoms with Crippen molar-refractivity contribution in [2.24, 2.45) is 0 Å². The minimum atomic E-state index is -0.758. The molecule has 0 spiro atoms. The minimum Gasteiger partial charge on any atom is -0.462 e. The molecule has 0 aliphatic rings. The maximum absolute atomic E-state index is 12.8. The van der Waals surface area contributed by atoms with Crippen LogP contribution in [-0.2, 0) is 28.6 Å². The normalized spacial score (nSPS) is 11.8. The summed E-state index contributed by atoms with van der Waals surface area (Å²) in [6, 6.07) is 0. The van der Waals surface area contributed by atoms with Gasteiger partial charge in [-0.05, 0) is 19.3 Å². The SMILES string of the molecule is CCCCCCCCCCCCCCCCCCCC(=O)O[C@H](COC(=O)CCCCCCCCCCC)COC(=O)CCCCCCCCCCCCCC. The monoisotopic (exact) mass is 793 g/mol. The molecule has 6 nitrogen and oxygen atoms in total. The summed E-state index contributed by atoms with van der Waals surface area (Å²) in [5.74, 6) is -0.847. The van der Waals surface area contributed by atoms with E-state index in [4.69, 9.17) is 14.2 Å². The van der Waals surface area contributed by atoms with E-state index in [1.54, 1.807) is 0 Å². The Kier molecular flexibility index (Phi) is 44.8. The lowest BCUT2D eigenvalue weighted by Crippen LogP contribution is -2.30. The second-order valence-electron chi connectivity index (χ2n) is 17.1. The van der Waals surface area contributed by atoms with E-state index >= 15 is 0 Å². The Labute approximate surface area is 348 Å². The Morgan fingerprint density at radius 2 is 0.482 bits per heavy atom. The van der Waals surface area contributed by atoms with Crippen molar-refractivity contribution in [1.29, 1.82) is 0 Å². The maximum Gasteiger partial charge on any atom is 0.306 e. The van der Waals surface area contributed by atoms with Crippen LogP contribution in [0.5, 0.6) is 0 Å². The van der Waals surface area contributed by atoms with Crippen molar-refractivity contribution in [3.8, 4) is 0 Å². The van der Waals surface area contributed by atoms with E-state index in [0.717, 1.165) is 57.8 Å². The van der Waals surface area contributed by atoms with Crippen molar-refractivity contribution < 1.29 is 28.6 Å². The third kappa shape index (κ3) is 43.5. The molecule has 0 heterocycles. The molecule has 0 saturated heterocycles. The lowest BCUT2D eigenvalue weighted by Gasteiger charge is -2.18. The molecule has 0 aliphatic carbocycles. The number of carbonyl (C=O) groups is 3. The number of hydrogen-bond acceptors (Lipinski definition) is 6. The Bertz CT molecular complexity index is 828. The number of rotatable bonds is 46. The fourth-order valence-electron chi connectivity index (χ4n) is 7.56. The summed E-state index contributed by atoms with van der Waals surface area (Å²) in [5, 5.41) is 0. The average molecular weight is 793 g/mol. The van der Waals surface area contributed by atoms with Gasteiger partial charge in [0.2, 0.25) is 0 Å². The standard InChI is InChI=1S/C50H96O6/c1-4-7-10-13-16-19-21-23-24-25-26-27-29-32-35-38-41-44-50(53)56-47(45-54-48(51)42-39-36-33-30-18-15-12-9-6-3)46-55-49(52)43-40-37-34-31-28-22-20-17-14-11-8-5-2/h47H,4-46H2,1-3H3/t47-/m1/s1. The van der Waals surface area contributed by atoms with Gasteiger partial charge in [-0.1, -0.05) is 245 Å². The summed E-state index contributed by atoms with van der Waals surface area (Å²) in [6.45, 7) is 6.65. The van der Waals surface area contributed by atoms with Gasteiger partial charge in [0.05, 0.1) is 0 Å². The fourth-order valence-corrected chi connectivity index (χ4v) is 7.56. The Balaban J connectivity index is 4.26. The van der Waals surface area contributed by atoms with Crippen molar-refractivity contribution in [2.45, 2.75) is 290 Å². The van der Waals surface area contributed by atoms with Crippen LogP contribution in [0, 0.1) is 0 Å². The highest BCUT2D eigenvalue weighted by molar-refractivity contribution is 5.71. The average Bonchev–Trinajstić information content (AvgIpc) is 3.19. The molecule has 0 aromatic carbocycles. The smallest absolute Gasteiger partial charge is 0.306 e. The first-order chi connectivity index (χ1) is 27.5. The molecule has 0 amide bonds. The van der Waals surface area contributed by atoms with E-state index in [2.05, 4.69) is 20.8 Å². The zero-order chi connectivity index (χ0) is 40.8. The molecule has 0 radical (unpaired) electrons. The summed E-state index contributed by atoms with van der Waals surface area (Å²) in [4.78, 5) is 37.8. The van der Waals surface area contributed by atoms with Gasteiger partial charge in [-0.25, -0.2) is 0 Å². The quantitative estimate of drug-likeness (QED) is 0.0347. The first-order valence-corrected chi connectivity index (χ1v) is 25.0. The minimum absolute atomic E-state index is 0.0623. The van der Waals surface area contributed by atoms with Gasteiger partial charge in [0, 0.05) is 19.3 Å². The van der Waals surface area contributed by atoms with Crippen LogP contribution in [0.2, 0.25) is 0 Å². The van der Waals surface area contributed by atoms with Crippen molar-refractivity contribution in [2.75, 3.05) is 13.2 Å². The molecule has 0 fully saturated rings. The number of hydrogen-bond donors (Lipinski definition) is 0. The van der Waals surface area contributed by atoms with Gasteiger partial charge in [-0.2, -0.15) is 0 Å².